The van der Waals surface area contributed by atoms with Gasteiger partial charge in [0, 0.05) is 25.3 Å². The summed E-state index contributed by atoms with van der Waals surface area (Å²) in [4.78, 5) is 24.7. The van der Waals surface area contributed by atoms with Crippen LogP contribution in [0.25, 0.3) is 0 Å². The van der Waals surface area contributed by atoms with Gasteiger partial charge in [-0.3, -0.25) is 9.59 Å². The Balaban J connectivity index is 2.95. The summed E-state index contributed by atoms with van der Waals surface area (Å²) in [7, 11) is 4.97. The number of para-hydroxylation sites is 1. The number of Topliss-reactive ketones (excluding diaryl/α,β-unsaturated/α-hetero) is 1. The standard InChI is InChI=1S/C12H15NO3/c1-13(2)10-7-5-4-6-9(10)11(14)8-12(15)16-3/h4-7H,8H2,1-3H3. The highest BCUT2D eigenvalue weighted by atomic mass is 16.5. The summed E-state index contributed by atoms with van der Waals surface area (Å²) in [5.74, 6) is -0.741. The van der Waals surface area contributed by atoms with E-state index < -0.39 is 5.97 Å². The molecule has 16 heavy (non-hydrogen) atoms. The molecule has 0 saturated carbocycles. The van der Waals surface area contributed by atoms with Crippen molar-refractivity contribution in [3.05, 3.63) is 29.8 Å². The molecule has 0 aromatic heterocycles. The summed E-state index contributed by atoms with van der Waals surface area (Å²) in [5.41, 5.74) is 1.34. The molecule has 0 aliphatic carbocycles. The Morgan fingerprint density at radius 3 is 2.44 bits per heavy atom. The zero-order chi connectivity index (χ0) is 12.1. The van der Waals surface area contributed by atoms with Crippen LogP contribution < -0.4 is 4.90 Å². The Morgan fingerprint density at radius 1 is 1.25 bits per heavy atom. The molecule has 1 aromatic rings. The van der Waals surface area contributed by atoms with Crippen molar-refractivity contribution in [2.45, 2.75) is 6.42 Å². The molecule has 0 unspecified atom stereocenters. The molecule has 0 bridgehead atoms. The highest BCUT2D eigenvalue weighted by Gasteiger charge is 2.15. The number of hydrogen-bond acceptors (Lipinski definition) is 4. The van der Waals surface area contributed by atoms with E-state index in [1.807, 2.05) is 31.1 Å². The van der Waals surface area contributed by atoms with Gasteiger partial charge in [-0.25, -0.2) is 0 Å². The lowest BCUT2D eigenvalue weighted by Gasteiger charge is -2.16. The van der Waals surface area contributed by atoms with Crippen molar-refractivity contribution in [2.75, 3.05) is 26.1 Å². The van der Waals surface area contributed by atoms with Crippen molar-refractivity contribution in [3.8, 4) is 0 Å². The number of esters is 1. The number of carbonyl (C=O) groups is 2. The minimum atomic E-state index is -0.515. The maximum Gasteiger partial charge on any atom is 0.313 e. The number of benzene rings is 1. The largest absolute Gasteiger partial charge is 0.469 e. The van der Waals surface area contributed by atoms with E-state index in [-0.39, 0.29) is 12.2 Å². The first-order valence-electron chi connectivity index (χ1n) is 4.92. The van der Waals surface area contributed by atoms with Crippen LogP contribution >= 0.6 is 0 Å². The molecule has 0 amide bonds. The van der Waals surface area contributed by atoms with Crippen molar-refractivity contribution < 1.29 is 14.3 Å². The molecule has 0 spiro atoms. The van der Waals surface area contributed by atoms with E-state index in [1.165, 1.54) is 7.11 Å². The third-order valence-electron chi connectivity index (χ3n) is 2.22. The van der Waals surface area contributed by atoms with Gasteiger partial charge >= 0.3 is 5.97 Å². The number of anilines is 1. The predicted molar refractivity (Wildman–Crippen MR) is 61.7 cm³/mol. The zero-order valence-corrected chi connectivity index (χ0v) is 9.69. The SMILES string of the molecule is COC(=O)CC(=O)c1ccccc1N(C)C. The lowest BCUT2D eigenvalue weighted by Crippen LogP contribution is -2.16. The number of hydrogen-bond donors (Lipinski definition) is 0. The fourth-order valence-electron chi connectivity index (χ4n) is 1.40. The van der Waals surface area contributed by atoms with E-state index in [1.54, 1.807) is 12.1 Å². The minimum Gasteiger partial charge on any atom is -0.469 e. The molecule has 0 aliphatic rings. The molecule has 0 radical (unpaired) electrons. The van der Waals surface area contributed by atoms with Gasteiger partial charge in [-0.05, 0) is 12.1 Å². The number of carbonyl (C=O) groups excluding carboxylic acids is 2. The highest BCUT2D eigenvalue weighted by Crippen LogP contribution is 2.19. The highest BCUT2D eigenvalue weighted by molar-refractivity contribution is 6.09. The predicted octanol–water partition coefficient (Wildman–Crippen LogP) is 1.50. The van der Waals surface area contributed by atoms with Gasteiger partial charge in [0.1, 0.15) is 6.42 Å². The van der Waals surface area contributed by atoms with Crippen LogP contribution in [0.2, 0.25) is 0 Å². The first-order valence-corrected chi connectivity index (χ1v) is 4.92. The summed E-state index contributed by atoms with van der Waals surface area (Å²) < 4.78 is 4.47. The molecular weight excluding hydrogens is 206 g/mol. The van der Waals surface area contributed by atoms with Gasteiger partial charge in [-0.1, -0.05) is 12.1 Å². The van der Waals surface area contributed by atoms with E-state index in [4.69, 9.17) is 0 Å². The summed E-state index contributed by atoms with van der Waals surface area (Å²) in [6.07, 6.45) is -0.221. The number of ketones is 1. The molecule has 4 nitrogen and oxygen atoms in total. The molecule has 0 atom stereocenters. The van der Waals surface area contributed by atoms with Crippen molar-refractivity contribution >= 4 is 17.4 Å². The van der Waals surface area contributed by atoms with Crippen molar-refractivity contribution in [3.63, 3.8) is 0 Å². The lowest BCUT2D eigenvalue weighted by atomic mass is 10.1. The second kappa shape index (κ2) is 5.30. The lowest BCUT2D eigenvalue weighted by molar-refractivity contribution is -0.139. The van der Waals surface area contributed by atoms with E-state index in [9.17, 15) is 9.59 Å². The normalized spacial score (nSPS) is 9.69. The van der Waals surface area contributed by atoms with Crippen LogP contribution in [0, 0.1) is 0 Å². The van der Waals surface area contributed by atoms with E-state index in [2.05, 4.69) is 4.74 Å². The summed E-state index contributed by atoms with van der Waals surface area (Å²) in [5, 5.41) is 0. The molecule has 0 N–H and O–H groups in total. The molecule has 1 aromatic carbocycles. The first-order chi connectivity index (χ1) is 7.56. The van der Waals surface area contributed by atoms with Gasteiger partial charge in [0.2, 0.25) is 0 Å². The van der Waals surface area contributed by atoms with Crippen LogP contribution in [-0.4, -0.2) is 33.0 Å². The third-order valence-corrected chi connectivity index (χ3v) is 2.22. The molecule has 0 heterocycles. The number of nitrogens with zero attached hydrogens (tertiary/aromatic N) is 1. The molecule has 86 valence electrons. The second-order valence-electron chi connectivity index (χ2n) is 3.59. The monoisotopic (exact) mass is 221 g/mol. The van der Waals surface area contributed by atoms with Gasteiger partial charge < -0.3 is 9.64 Å². The minimum absolute atomic E-state index is 0.221. The fourth-order valence-corrected chi connectivity index (χ4v) is 1.40. The zero-order valence-electron chi connectivity index (χ0n) is 9.69. The molecular formula is C12H15NO3. The van der Waals surface area contributed by atoms with E-state index in [0.29, 0.717) is 5.56 Å². The maximum absolute atomic E-state index is 11.8. The van der Waals surface area contributed by atoms with Crippen molar-refractivity contribution in [1.29, 1.82) is 0 Å². The van der Waals surface area contributed by atoms with Crippen LogP contribution in [0.5, 0.6) is 0 Å². The topological polar surface area (TPSA) is 46.6 Å². The Labute approximate surface area is 94.8 Å². The van der Waals surface area contributed by atoms with Crippen molar-refractivity contribution in [2.24, 2.45) is 0 Å². The first kappa shape index (κ1) is 12.2. The Hall–Kier alpha value is -1.84. The Morgan fingerprint density at radius 2 is 1.88 bits per heavy atom. The smallest absolute Gasteiger partial charge is 0.313 e. The second-order valence-corrected chi connectivity index (χ2v) is 3.59. The maximum atomic E-state index is 11.8. The van der Waals surface area contributed by atoms with Crippen LogP contribution in [0.15, 0.2) is 24.3 Å². The van der Waals surface area contributed by atoms with Crippen LogP contribution in [0.3, 0.4) is 0 Å². The fraction of sp³-hybridized carbons (Fsp3) is 0.333. The molecule has 0 fully saturated rings. The van der Waals surface area contributed by atoms with Crippen molar-refractivity contribution in [1.82, 2.24) is 0 Å². The molecule has 1 rings (SSSR count). The quantitative estimate of drug-likeness (QED) is 0.439. The average Bonchev–Trinajstić information content (AvgIpc) is 2.28. The third kappa shape index (κ3) is 2.82. The van der Waals surface area contributed by atoms with Gasteiger partial charge in [0.05, 0.1) is 7.11 Å². The van der Waals surface area contributed by atoms with Gasteiger partial charge in [-0.2, -0.15) is 0 Å². The van der Waals surface area contributed by atoms with Crippen LogP contribution in [0.4, 0.5) is 5.69 Å². The number of ether oxygens (including phenoxy) is 1. The van der Waals surface area contributed by atoms with E-state index >= 15 is 0 Å². The van der Waals surface area contributed by atoms with E-state index in [0.717, 1.165) is 5.69 Å². The van der Waals surface area contributed by atoms with Gasteiger partial charge in [0.25, 0.3) is 0 Å². The average molecular weight is 221 g/mol. The number of rotatable bonds is 4. The summed E-state index contributed by atoms with van der Waals surface area (Å²) >= 11 is 0. The molecule has 4 heteroatoms. The van der Waals surface area contributed by atoms with Crippen LogP contribution in [0.1, 0.15) is 16.8 Å². The summed E-state index contributed by atoms with van der Waals surface area (Å²) in [6, 6.07) is 7.17. The molecule has 0 aliphatic heterocycles. The van der Waals surface area contributed by atoms with Gasteiger partial charge in [-0.15, -0.1) is 0 Å². The van der Waals surface area contributed by atoms with Gasteiger partial charge in [0.15, 0.2) is 5.78 Å². The molecule has 0 saturated heterocycles. The Kier molecular flexibility index (Phi) is 4.05. The number of methoxy groups -OCH3 is 1. The summed E-state index contributed by atoms with van der Waals surface area (Å²) in [6.45, 7) is 0. The van der Waals surface area contributed by atoms with Crippen LogP contribution in [-0.2, 0) is 9.53 Å². The Bertz CT molecular complexity index is 399.